The van der Waals surface area contributed by atoms with Crippen LogP contribution in [0, 0.1) is 0 Å². The largest absolute Gasteiger partial charge is 0.351 e. The standard InChI is InChI=1S/C21H23Cl2N5OS/c1-14(27(2)3)20-25-26-21(28(20)18-10-8-17(23)9-11-18)30-13-19(29)24-12-15-4-6-16(22)7-5-15/h4-11,14H,12-13H2,1-3H3,(H,24,29). The normalized spacial score (nSPS) is 12.2. The Morgan fingerprint density at radius 1 is 1.07 bits per heavy atom. The summed E-state index contributed by atoms with van der Waals surface area (Å²) < 4.78 is 1.97. The van der Waals surface area contributed by atoms with Crippen LogP contribution in [0.2, 0.25) is 10.0 Å². The number of halogens is 2. The second kappa shape index (κ2) is 10.3. The first-order valence-electron chi connectivity index (χ1n) is 9.36. The maximum atomic E-state index is 12.4. The molecular formula is C21H23Cl2N5OS. The van der Waals surface area contributed by atoms with Gasteiger partial charge in [-0.2, -0.15) is 0 Å². The molecule has 1 N–H and O–H groups in total. The summed E-state index contributed by atoms with van der Waals surface area (Å²) in [5.74, 6) is 0.949. The Balaban J connectivity index is 1.72. The molecule has 0 aliphatic carbocycles. The predicted octanol–water partition coefficient (Wildman–Crippen LogP) is 4.61. The van der Waals surface area contributed by atoms with Crippen molar-refractivity contribution in [2.24, 2.45) is 0 Å². The zero-order valence-electron chi connectivity index (χ0n) is 17.0. The van der Waals surface area contributed by atoms with Crippen LogP contribution >= 0.6 is 35.0 Å². The average Bonchev–Trinajstić information content (AvgIpc) is 3.15. The summed E-state index contributed by atoms with van der Waals surface area (Å²) >= 11 is 13.3. The van der Waals surface area contributed by atoms with Gasteiger partial charge in [0.1, 0.15) is 0 Å². The Labute approximate surface area is 190 Å². The Morgan fingerprint density at radius 3 is 2.27 bits per heavy atom. The van der Waals surface area contributed by atoms with E-state index in [0.29, 0.717) is 21.7 Å². The summed E-state index contributed by atoms with van der Waals surface area (Å²) in [4.78, 5) is 14.4. The Morgan fingerprint density at radius 2 is 1.67 bits per heavy atom. The van der Waals surface area contributed by atoms with E-state index in [0.717, 1.165) is 17.1 Å². The van der Waals surface area contributed by atoms with Crippen molar-refractivity contribution < 1.29 is 4.79 Å². The fourth-order valence-corrected chi connectivity index (χ4v) is 3.73. The summed E-state index contributed by atoms with van der Waals surface area (Å²) in [6.07, 6.45) is 0. The predicted molar refractivity (Wildman–Crippen MR) is 122 cm³/mol. The van der Waals surface area contributed by atoms with Gasteiger partial charge >= 0.3 is 0 Å². The molecule has 0 saturated heterocycles. The second-order valence-electron chi connectivity index (χ2n) is 6.98. The molecule has 3 aromatic rings. The second-order valence-corrected chi connectivity index (χ2v) is 8.80. The molecule has 1 unspecified atom stereocenters. The van der Waals surface area contributed by atoms with E-state index in [-0.39, 0.29) is 17.7 Å². The fraction of sp³-hybridized carbons (Fsp3) is 0.286. The average molecular weight is 464 g/mol. The van der Waals surface area contributed by atoms with Crippen molar-refractivity contribution >= 4 is 40.9 Å². The van der Waals surface area contributed by atoms with Gasteiger partial charge in [-0.3, -0.25) is 14.3 Å². The third kappa shape index (κ3) is 5.76. The lowest BCUT2D eigenvalue weighted by Crippen LogP contribution is -2.24. The number of hydrogen-bond donors (Lipinski definition) is 1. The number of nitrogens with one attached hydrogen (secondary N) is 1. The molecule has 0 aliphatic heterocycles. The van der Waals surface area contributed by atoms with Crippen LogP contribution in [-0.2, 0) is 11.3 Å². The van der Waals surface area contributed by atoms with Crippen LogP contribution in [0.1, 0.15) is 24.4 Å². The third-order valence-corrected chi connectivity index (χ3v) is 6.06. The lowest BCUT2D eigenvalue weighted by Gasteiger charge is -2.20. The summed E-state index contributed by atoms with van der Waals surface area (Å²) in [5.41, 5.74) is 1.89. The van der Waals surface area contributed by atoms with Gasteiger partial charge in [0.05, 0.1) is 11.8 Å². The quantitative estimate of drug-likeness (QED) is 0.494. The van der Waals surface area contributed by atoms with Crippen molar-refractivity contribution in [2.45, 2.75) is 24.7 Å². The van der Waals surface area contributed by atoms with Gasteiger partial charge in [0, 0.05) is 22.3 Å². The SMILES string of the molecule is CC(c1nnc(SCC(=O)NCc2ccc(Cl)cc2)n1-c1ccc(Cl)cc1)N(C)C. The molecule has 1 heterocycles. The van der Waals surface area contributed by atoms with E-state index in [9.17, 15) is 4.79 Å². The van der Waals surface area contributed by atoms with E-state index in [1.54, 1.807) is 12.1 Å². The van der Waals surface area contributed by atoms with Crippen LogP contribution in [0.4, 0.5) is 0 Å². The minimum Gasteiger partial charge on any atom is -0.351 e. The number of carbonyl (C=O) groups excluding carboxylic acids is 1. The number of carbonyl (C=O) groups is 1. The van der Waals surface area contributed by atoms with Crippen molar-refractivity contribution in [3.05, 3.63) is 70.0 Å². The maximum Gasteiger partial charge on any atom is 0.230 e. The molecule has 9 heteroatoms. The van der Waals surface area contributed by atoms with E-state index >= 15 is 0 Å². The van der Waals surface area contributed by atoms with Crippen LogP contribution < -0.4 is 5.32 Å². The van der Waals surface area contributed by atoms with Crippen molar-refractivity contribution in [2.75, 3.05) is 19.8 Å². The molecule has 1 aromatic heterocycles. The molecular weight excluding hydrogens is 441 g/mol. The van der Waals surface area contributed by atoms with E-state index in [1.165, 1.54) is 11.8 Å². The number of amides is 1. The highest BCUT2D eigenvalue weighted by Crippen LogP contribution is 2.27. The molecule has 3 rings (SSSR count). The Hall–Kier alpha value is -2.06. The number of aromatic nitrogens is 3. The number of hydrogen-bond acceptors (Lipinski definition) is 5. The van der Waals surface area contributed by atoms with Gasteiger partial charge in [0.25, 0.3) is 0 Å². The van der Waals surface area contributed by atoms with E-state index in [4.69, 9.17) is 23.2 Å². The minimum atomic E-state index is -0.0807. The Kier molecular flexibility index (Phi) is 7.77. The highest BCUT2D eigenvalue weighted by molar-refractivity contribution is 7.99. The topological polar surface area (TPSA) is 63.1 Å². The minimum absolute atomic E-state index is 0.0428. The highest BCUT2D eigenvalue weighted by Gasteiger charge is 2.21. The van der Waals surface area contributed by atoms with Crippen LogP contribution in [0.3, 0.4) is 0 Å². The van der Waals surface area contributed by atoms with E-state index in [1.807, 2.05) is 55.1 Å². The molecule has 0 saturated carbocycles. The molecule has 0 radical (unpaired) electrons. The Bertz CT molecular complexity index is 990. The van der Waals surface area contributed by atoms with Crippen LogP contribution in [-0.4, -0.2) is 45.4 Å². The molecule has 2 aromatic carbocycles. The number of nitrogens with zero attached hydrogens (tertiary/aromatic N) is 4. The first-order chi connectivity index (χ1) is 14.3. The van der Waals surface area contributed by atoms with Gasteiger partial charge in [-0.05, 0) is 63.0 Å². The first kappa shape index (κ1) is 22.6. The van der Waals surface area contributed by atoms with E-state index in [2.05, 4.69) is 27.3 Å². The van der Waals surface area contributed by atoms with Crippen molar-refractivity contribution in [3.63, 3.8) is 0 Å². The maximum absolute atomic E-state index is 12.4. The lowest BCUT2D eigenvalue weighted by atomic mass is 10.2. The smallest absolute Gasteiger partial charge is 0.230 e. The summed E-state index contributed by atoms with van der Waals surface area (Å²) in [6.45, 7) is 2.51. The third-order valence-electron chi connectivity index (χ3n) is 4.63. The summed E-state index contributed by atoms with van der Waals surface area (Å²) in [5, 5.41) is 13.6. The molecule has 0 bridgehead atoms. The monoisotopic (exact) mass is 463 g/mol. The summed E-state index contributed by atoms with van der Waals surface area (Å²) in [6, 6.07) is 14.9. The summed E-state index contributed by atoms with van der Waals surface area (Å²) in [7, 11) is 3.98. The zero-order valence-corrected chi connectivity index (χ0v) is 19.3. The molecule has 1 atom stereocenters. The molecule has 30 heavy (non-hydrogen) atoms. The molecule has 0 spiro atoms. The van der Waals surface area contributed by atoms with Gasteiger partial charge in [-0.1, -0.05) is 47.1 Å². The zero-order chi connectivity index (χ0) is 21.7. The first-order valence-corrected chi connectivity index (χ1v) is 11.1. The number of benzene rings is 2. The molecule has 1 amide bonds. The van der Waals surface area contributed by atoms with Crippen LogP contribution in [0.15, 0.2) is 53.7 Å². The highest BCUT2D eigenvalue weighted by atomic mass is 35.5. The van der Waals surface area contributed by atoms with Crippen molar-refractivity contribution in [1.82, 2.24) is 25.0 Å². The number of rotatable bonds is 8. The van der Waals surface area contributed by atoms with Crippen molar-refractivity contribution in [1.29, 1.82) is 0 Å². The molecule has 0 aliphatic rings. The van der Waals surface area contributed by atoms with Gasteiger partial charge in [-0.25, -0.2) is 0 Å². The molecule has 158 valence electrons. The van der Waals surface area contributed by atoms with E-state index < -0.39 is 0 Å². The van der Waals surface area contributed by atoms with Crippen LogP contribution in [0.25, 0.3) is 5.69 Å². The van der Waals surface area contributed by atoms with Gasteiger partial charge in [0.2, 0.25) is 5.91 Å². The van der Waals surface area contributed by atoms with Gasteiger partial charge < -0.3 is 5.32 Å². The fourth-order valence-electron chi connectivity index (χ4n) is 2.69. The van der Waals surface area contributed by atoms with Gasteiger partial charge in [-0.15, -0.1) is 10.2 Å². The van der Waals surface area contributed by atoms with Crippen LogP contribution in [0.5, 0.6) is 0 Å². The lowest BCUT2D eigenvalue weighted by molar-refractivity contribution is -0.118. The van der Waals surface area contributed by atoms with Crippen molar-refractivity contribution in [3.8, 4) is 5.69 Å². The number of thioether (sulfide) groups is 1. The molecule has 0 fully saturated rings. The van der Waals surface area contributed by atoms with Gasteiger partial charge in [0.15, 0.2) is 11.0 Å². The molecule has 6 nitrogen and oxygen atoms in total.